The Kier molecular flexibility index (Phi) is 94.3. The molecular formula is C102H195AlO9. The Morgan fingerprint density at radius 1 is 0.143 bits per heavy atom. The van der Waals surface area contributed by atoms with E-state index in [0.717, 1.165) is 57.8 Å². The molecule has 0 amide bonds. The molecule has 0 heterocycles. The lowest BCUT2D eigenvalue weighted by Crippen LogP contribution is -2.36. The highest BCUT2D eigenvalue weighted by Gasteiger charge is 2.49. The van der Waals surface area contributed by atoms with Crippen molar-refractivity contribution in [3.05, 3.63) is 0 Å². The number of ketones is 3. The second kappa shape index (κ2) is 96.1. The van der Waals surface area contributed by atoms with Crippen molar-refractivity contribution >= 4 is 50.4 Å². The summed E-state index contributed by atoms with van der Waals surface area (Å²) in [6.45, 7) is 6.89. The topological polar surface area (TPSA) is 130 Å². The largest absolute Gasteiger partial charge is 1.20 e. The molecule has 0 N–H and O–H groups in total. The molecule has 0 spiro atoms. The van der Waals surface area contributed by atoms with Gasteiger partial charge in [-0.1, -0.05) is 560 Å². The summed E-state index contributed by atoms with van der Waals surface area (Å²) in [6, 6.07) is 0. The minimum absolute atomic E-state index is 0.239. The Morgan fingerprint density at radius 2 is 0.232 bits per heavy atom. The van der Waals surface area contributed by atoms with Crippen LogP contribution in [-0.4, -0.2) is 50.4 Å². The van der Waals surface area contributed by atoms with Gasteiger partial charge in [-0.2, -0.15) is 0 Å². The second-order valence-corrected chi connectivity index (χ2v) is 37.1. The lowest BCUT2D eigenvalue weighted by atomic mass is 10.0. The van der Waals surface area contributed by atoms with Crippen molar-refractivity contribution in [2.75, 3.05) is 0 Å². The second-order valence-electron chi connectivity index (χ2n) is 35.9. The molecular weight excluding hydrogens is 1400 g/mol. The molecule has 0 aliphatic heterocycles. The first-order chi connectivity index (χ1) is 55.2. The summed E-state index contributed by atoms with van der Waals surface area (Å²) >= 11 is -3.82. The number of rotatable bonds is 99. The highest BCUT2D eigenvalue weighted by molar-refractivity contribution is 6.44. The normalized spacial score (nSPS) is 11.5. The Morgan fingerprint density at radius 3 is 0.330 bits per heavy atom. The van der Waals surface area contributed by atoms with Crippen LogP contribution in [-0.2, 0) is 40.1 Å². The fraction of sp³-hybridized carbons (Fsp3) is 0.941. The summed E-state index contributed by atoms with van der Waals surface area (Å²) in [5.74, 6) is -3.61. The van der Waals surface area contributed by atoms with E-state index >= 15 is 0 Å². The summed E-state index contributed by atoms with van der Waals surface area (Å²) in [4.78, 5) is 78.1. The summed E-state index contributed by atoms with van der Waals surface area (Å²) in [7, 11) is 0. The fourth-order valence-corrected chi connectivity index (χ4v) is 17.8. The van der Waals surface area contributed by atoms with Crippen molar-refractivity contribution in [1.82, 2.24) is 0 Å². The van der Waals surface area contributed by atoms with Gasteiger partial charge in [0.05, 0.1) is 0 Å². The molecule has 10 heteroatoms. The first-order valence-electron chi connectivity index (χ1n) is 51.3. The Balaban J connectivity index is 4.44. The lowest BCUT2D eigenvalue weighted by molar-refractivity contribution is -0.148. The molecule has 0 atom stereocenters. The summed E-state index contributed by atoms with van der Waals surface area (Å²) in [6.07, 6.45) is 115. The van der Waals surface area contributed by atoms with Crippen molar-refractivity contribution in [2.45, 2.75) is 618 Å². The van der Waals surface area contributed by atoms with E-state index in [-0.39, 0.29) is 36.6 Å². The fourth-order valence-electron chi connectivity index (χ4n) is 16.8. The van der Waals surface area contributed by atoms with E-state index in [0.29, 0.717) is 19.3 Å². The van der Waals surface area contributed by atoms with Crippen molar-refractivity contribution in [3.63, 3.8) is 0 Å². The number of unbranched alkanes of at least 4 members (excludes halogenated alkanes) is 84. The zero-order valence-electron chi connectivity index (χ0n) is 76.0. The van der Waals surface area contributed by atoms with Crippen molar-refractivity contribution in [3.8, 4) is 0 Å². The number of carbonyl (C=O) groups excluding carboxylic acids is 6. The van der Waals surface area contributed by atoms with E-state index in [1.807, 2.05) is 0 Å². The number of hydrogen-bond donors (Lipinski definition) is 0. The average molecular weight is 1590 g/mol. The van der Waals surface area contributed by atoms with Crippen LogP contribution in [0.5, 0.6) is 0 Å². The van der Waals surface area contributed by atoms with Crippen LogP contribution in [0.25, 0.3) is 0 Å². The lowest BCUT2D eigenvalue weighted by Gasteiger charge is -2.13. The van der Waals surface area contributed by atoms with Crippen LogP contribution < -0.4 is 0 Å². The molecule has 0 aromatic rings. The van der Waals surface area contributed by atoms with Gasteiger partial charge in [0.25, 0.3) is 17.9 Å². The zero-order chi connectivity index (χ0) is 80.9. The van der Waals surface area contributed by atoms with E-state index in [4.69, 9.17) is 11.4 Å². The van der Waals surface area contributed by atoms with Crippen LogP contribution in [0.2, 0.25) is 0 Å². The standard InChI is InChI=1S/3C34H66O3.Al/c3*1-2-3-4-5-6-7-8-9-10-11-12-13-14-15-16-17-18-19-20-21-22-23-24-25-26-27-28-29-30-31-33(35)32-34(36)37;/h3*2-32H2,1H3,(H,36,37);/q;;;+3/p-3. The third-order valence-electron chi connectivity index (χ3n) is 24.4. The van der Waals surface area contributed by atoms with Gasteiger partial charge in [0.15, 0.2) is 0 Å². The van der Waals surface area contributed by atoms with Gasteiger partial charge in [-0.15, -0.1) is 0 Å². The van der Waals surface area contributed by atoms with Crippen LogP contribution in [0, 0.1) is 0 Å². The van der Waals surface area contributed by atoms with Gasteiger partial charge in [0.2, 0.25) is 0 Å². The summed E-state index contributed by atoms with van der Waals surface area (Å²) in [5, 5.41) is 0. The minimum Gasteiger partial charge on any atom is -0.550 e. The molecule has 0 bridgehead atoms. The molecule has 0 radical (unpaired) electrons. The molecule has 0 saturated heterocycles. The highest BCUT2D eigenvalue weighted by Crippen LogP contribution is 2.23. The molecule has 0 unspecified atom stereocenters. The predicted molar refractivity (Wildman–Crippen MR) is 485 cm³/mol. The van der Waals surface area contributed by atoms with Crippen LogP contribution in [0.4, 0.5) is 0 Å². The Bertz CT molecular complexity index is 1730. The molecule has 0 saturated carbocycles. The first-order valence-corrected chi connectivity index (χ1v) is 52.8. The number of hydrogen-bond acceptors (Lipinski definition) is 9. The van der Waals surface area contributed by atoms with E-state index < -0.39 is 52.3 Å². The summed E-state index contributed by atoms with van der Waals surface area (Å²) < 4.78 is 16.2. The predicted octanol–water partition coefficient (Wildman–Crippen LogP) is 34.6. The molecule has 9 nitrogen and oxygen atoms in total. The van der Waals surface area contributed by atoms with Gasteiger partial charge in [0.1, 0.15) is 36.6 Å². The van der Waals surface area contributed by atoms with Crippen LogP contribution in [0.3, 0.4) is 0 Å². The summed E-state index contributed by atoms with van der Waals surface area (Å²) in [5.41, 5.74) is 0. The number of carbonyl (C=O) groups is 6. The molecule has 0 aliphatic carbocycles. The van der Waals surface area contributed by atoms with Crippen LogP contribution in [0.15, 0.2) is 0 Å². The van der Waals surface area contributed by atoms with Gasteiger partial charge in [-0.05, 0) is 19.3 Å². The third kappa shape index (κ3) is 93.4. The first kappa shape index (κ1) is 110. The maximum atomic E-state index is 13.1. The zero-order valence-corrected chi connectivity index (χ0v) is 77.2. The Hall–Kier alpha value is -2.05. The maximum Gasteiger partial charge on any atom is 1.20 e. The van der Waals surface area contributed by atoms with E-state index in [1.165, 1.54) is 482 Å². The van der Waals surface area contributed by atoms with Gasteiger partial charge in [-0.25, -0.2) is 0 Å². The molecule has 0 fully saturated rings. The van der Waals surface area contributed by atoms with Crippen molar-refractivity contribution in [2.24, 2.45) is 0 Å². The van der Waals surface area contributed by atoms with E-state index in [2.05, 4.69) is 20.8 Å². The van der Waals surface area contributed by atoms with Gasteiger partial charge >= 0.3 is 15.1 Å². The van der Waals surface area contributed by atoms with E-state index in [1.54, 1.807) is 0 Å². The molecule has 0 aromatic heterocycles. The van der Waals surface area contributed by atoms with Gasteiger partial charge in [-0.3, -0.25) is 28.8 Å². The molecule has 660 valence electrons. The highest BCUT2D eigenvalue weighted by atomic mass is 27.3. The van der Waals surface area contributed by atoms with E-state index in [9.17, 15) is 28.8 Å². The average Bonchev–Trinajstić information content (AvgIpc) is 0.907. The SMILES string of the molecule is CCCCCCCCCCCCCCCCCCCCCCCCCCCCCCCC(=O)CC(=O)[O][Al]([O]C(=O)CC(=O)CCCCCCCCCCCCCCCCCCCCCCCCCCCCCCC)[O]C(=O)CC(=O)CCCCCCCCCCCCCCCCCCCCCCCCCCCCCCC. The Labute approximate surface area is 704 Å². The number of Topliss-reactive ketones (excluding diaryl/α,β-unsaturated/α-hetero) is 3. The minimum atomic E-state index is -3.82. The van der Waals surface area contributed by atoms with Crippen LogP contribution >= 0.6 is 0 Å². The van der Waals surface area contributed by atoms with Crippen LogP contribution in [0.1, 0.15) is 618 Å². The molecule has 112 heavy (non-hydrogen) atoms. The van der Waals surface area contributed by atoms with Gasteiger partial charge in [0, 0.05) is 19.3 Å². The molecule has 0 rings (SSSR count). The molecule has 0 aliphatic rings. The third-order valence-corrected chi connectivity index (χ3v) is 25.8. The quantitative estimate of drug-likeness (QED) is 0.0332. The van der Waals surface area contributed by atoms with Crippen molar-refractivity contribution < 1.29 is 40.1 Å². The van der Waals surface area contributed by atoms with Crippen molar-refractivity contribution in [1.29, 1.82) is 0 Å². The maximum absolute atomic E-state index is 13.1. The van der Waals surface area contributed by atoms with Gasteiger partial charge < -0.3 is 11.4 Å². The smallest absolute Gasteiger partial charge is 0.550 e. The monoisotopic (exact) mass is 1590 g/mol. The molecule has 0 aromatic carbocycles.